The summed E-state index contributed by atoms with van der Waals surface area (Å²) in [7, 11) is 12.2. The maximum absolute atomic E-state index is 14.3. The lowest BCUT2D eigenvalue weighted by Crippen LogP contribution is -2.62. The van der Waals surface area contributed by atoms with E-state index in [0.717, 1.165) is 24.0 Å². The number of hydrogen-bond acceptors (Lipinski definition) is 27. The Morgan fingerprint density at radius 1 is 0.646 bits per heavy atom. The van der Waals surface area contributed by atoms with E-state index in [2.05, 4.69) is 21.3 Å². The summed E-state index contributed by atoms with van der Waals surface area (Å²) in [5.41, 5.74) is -2.66. The van der Waals surface area contributed by atoms with Gasteiger partial charge in [0, 0.05) is 145 Å². The number of nitrogens with zero attached hydrogens (tertiary/aromatic N) is 5. The predicted molar refractivity (Wildman–Crippen MR) is 478 cm³/mol. The molecule has 6 fully saturated rings. The minimum absolute atomic E-state index is 0.00613. The van der Waals surface area contributed by atoms with Crippen molar-refractivity contribution in [2.24, 2.45) is 35.5 Å². The van der Waals surface area contributed by atoms with Crippen molar-refractivity contribution >= 4 is 152 Å². The van der Waals surface area contributed by atoms with Crippen LogP contribution in [0.1, 0.15) is 178 Å². The summed E-state index contributed by atoms with van der Waals surface area (Å²) >= 11 is 14.6. The molecule has 8 N–H and O–H groups in total. The van der Waals surface area contributed by atoms with Crippen molar-refractivity contribution in [3.05, 3.63) is 104 Å². The molecule has 38 heteroatoms. The van der Waals surface area contributed by atoms with Crippen LogP contribution in [0.3, 0.4) is 0 Å². The lowest BCUT2D eigenvalue weighted by molar-refractivity contribution is -0.162. The zero-order valence-electron chi connectivity index (χ0n) is 74.5. The molecular formula is C89H121Cl2N9O24S3. The highest BCUT2D eigenvalue weighted by atomic mass is 35.5. The largest absolute Gasteiger partial charge is 0.457 e. The second-order valence-corrected chi connectivity index (χ2v) is 39.8. The lowest BCUT2D eigenvalue weighted by Gasteiger charge is -2.42. The monoisotopic (exact) mass is 1870 g/mol. The summed E-state index contributed by atoms with van der Waals surface area (Å²) < 4.78 is 36.0. The number of carbonyl (C=O) groups excluding carboxylic acids is 14. The fourth-order valence-corrected chi connectivity index (χ4v) is 21.0. The standard InChI is InChI=1S/C48H64ClN5O13S.C41H57ClN4O11S2/c1-26-9-8-10-33(25-56)48(64)22-35(65-46(63)51-48)27(2)42-47(4,67-42)37(21-39(58)53(7)34-19-30(17-26)18-32(24-55)41(34)49)66-45(62)28(3)52(6)38(57)15-16-68-36-20-40(59)54(44(36)61)23-29-11-13-31(14-12-29)43(60)50-5;1-23-10-9-11-29(22-48)41(54)20-31(55-39(53)44-41)25(3)37-40(5,57-37)32(19-35(51)46(8)30-18-27(16-23)17-28(21-47)36(30)42)56-38(52)26(4)45(7)34(50)14-15-58-59-24(2)12-13-33(49)43-6/h8-10,18-19,24,27-29,31,33,35-37,42,56,64H,11-17,20-23,25H2,1-7H3,(H,50,60)(H,51,63);9-11,17-18,21,24-26,29,31-32,37,48,54H,12-16,19-20,22H2,1-8H3,(H,43,49)(H,44,53)/b10-8+,26-9+;11-9+,23-10+/t27-,28+,29?,31?,33+,35+,36?,37+,42+,47+,48+;24?,25-,26+,29+,31+,32+,37+,40+,41+/m11/s1. The van der Waals surface area contributed by atoms with Crippen molar-refractivity contribution in [3.63, 3.8) is 0 Å². The number of aliphatic hydroxyl groups is 4. The number of thioether (sulfide) groups is 1. The van der Waals surface area contributed by atoms with Gasteiger partial charge >= 0.3 is 24.1 Å². The van der Waals surface area contributed by atoms with Crippen LogP contribution >= 0.6 is 56.6 Å². The van der Waals surface area contributed by atoms with E-state index in [1.54, 1.807) is 113 Å². The van der Waals surface area contributed by atoms with E-state index in [1.807, 2.05) is 20.8 Å². The van der Waals surface area contributed by atoms with Crippen LogP contribution in [0, 0.1) is 35.5 Å². The smallest absolute Gasteiger partial charge is 0.409 e. The van der Waals surface area contributed by atoms with Gasteiger partial charge in [0.2, 0.25) is 47.3 Å². The number of rotatable bonds is 25. The number of esters is 2. The van der Waals surface area contributed by atoms with Crippen molar-refractivity contribution in [1.82, 2.24) is 36.0 Å². The summed E-state index contributed by atoms with van der Waals surface area (Å²) in [6, 6.07) is 4.42. The van der Waals surface area contributed by atoms with Crippen LogP contribution in [0.5, 0.6) is 0 Å². The Hall–Kier alpha value is -8.43. The molecule has 7 aliphatic heterocycles. The number of amides is 10. The Labute approximate surface area is 762 Å². The SMILES string of the molecule is CNC(=O)C1CCC(CN2C(=O)CC(SCCC(=O)N(C)[C@@H](C)C(=O)O[C@H]3CC(=O)N(C)c4cc(cc(C=O)c4Cl)C/C(C)=C/C=C/[C@@H](CO)[C@@]4(O)C[C@H](OC(=O)N4)[C@@H](C)[C@@H]4O[C@@]34C)C2=O)CC1.CNC(=O)CCC(C)SSCCC(=O)N(C)[C@@H](C)C(=O)O[C@H]1CC(=O)N(C)c2cc(cc(C=O)c2Cl)C/C(C)=C/C=C/[C@@H](CO)[C@@]2(O)C[C@H](OC(=O)N2)[C@@H](C)[C@@H]2O[C@@]12C. The van der Waals surface area contributed by atoms with Crippen molar-refractivity contribution in [2.45, 2.75) is 240 Å². The summed E-state index contributed by atoms with van der Waals surface area (Å²) in [4.78, 5) is 189. The van der Waals surface area contributed by atoms with Crippen LogP contribution in [-0.2, 0) is 89.2 Å². The number of benzene rings is 2. The molecule has 5 saturated heterocycles. The third-order valence-corrected chi connectivity index (χ3v) is 30.7. The van der Waals surface area contributed by atoms with E-state index in [0.29, 0.717) is 74.5 Å². The molecule has 1 saturated carbocycles. The number of halogens is 2. The number of nitrogens with one attached hydrogen (secondary N) is 4. The van der Waals surface area contributed by atoms with Gasteiger partial charge in [-0.1, -0.05) is 113 Å². The molecule has 18 atom stereocenters. The zero-order chi connectivity index (χ0) is 93.6. The topological polar surface area (TPSA) is 446 Å². The first-order valence-corrected chi connectivity index (χ1v) is 47.0. The fourth-order valence-electron chi connectivity index (χ4n) is 17.0. The van der Waals surface area contributed by atoms with Crippen LogP contribution in [0.2, 0.25) is 10.0 Å². The summed E-state index contributed by atoms with van der Waals surface area (Å²) in [5, 5.41) is 54.1. The van der Waals surface area contributed by atoms with Gasteiger partial charge < -0.3 is 79.1 Å². The number of ether oxygens (including phenoxy) is 6. The molecule has 10 amide bonds. The van der Waals surface area contributed by atoms with Crippen LogP contribution in [-0.4, -0.2) is 274 Å². The van der Waals surface area contributed by atoms with E-state index in [4.69, 9.17) is 51.6 Å². The Morgan fingerprint density at radius 2 is 1.09 bits per heavy atom. The molecule has 33 nitrogen and oxygen atoms in total. The van der Waals surface area contributed by atoms with E-state index in [1.165, 1.54) is 89.1 Å². The molecule has 2 aromatic carbocycles. The number of likely N-dealkylation sites (N-methyl/N-ethyl adjacent to an activating group) is 2. The molecule has 0 radical (unpaired) electrons. The van der Waals surface area contributed by atoms with E-state index >= 15 is 0 Å². The summed E-state index contributed by atoms with van der Waals surface area (Å²) in [5.74, 6) is -6.36. The highest BCUT2D eigenvalue weighted by molar-refractivity contribution is 8.76. The Morgan fingerprint density at radius 3 is 1.50 bits per heavy atom. The Balaban J connectivity index is 0.000000290. The molecule has 2 aromatic rings. The molecule has 127 heavy (non-hydrogen) atoms. The van der Waals surface area contributed by atoms with Gasteiger partial charge in [-0.2, -0.15) is 0 Å². The molecule has 2 unspecified atom stereocenters. The summed E-state index contributed by atoms with van der Waals surface area (Å²) in [6.45, 7) is 14.8. The van der Waals surface area contributed by atoms with Gasteiger partial charge in [0.15, 0.2) is 24.0 Å². The molecule has 0 aromatic heterocycles. The van der Waals surface area contributed by atoms with Crippen molar-refractivity contribution in [1.29, 1.82) is 0 Å². The quantitative estimate of drug-likeness (QED) is 0.00880. The molecular weight excluding hydrogens is 1750 g/mol. The van der Waals surface area contributed by atoms with Crippen LogP contribution in [0.4, 0.5) is 21.0 Å². The predicted octanol–water partition coefficient (Wildman–Crippen LogP) is 8.31. The molecule has 7 heterocycles. The van der Waals surface area contributed by atoms with Crippen molar-refractivity contribution in [3.8, 4) is 0 Å². The number of alkyl carbamates (subject to hydrolysis) is 2. The number of fused-ring (bicyclic) bond motifs is 10. The first-order chi connectivity index (χ1) is 59.9. The number of allylic oxidation sites excluding steroid dienone is 6. The molecule has 8 bridgehead atoms. The number of epoxide rings is 2. The number of imide groups is 1. The maximum atomic E-state index is 14.3. The number of likely N-dealkylation sites (tertiary alicyclic amines) is 1. The minimum Gasteiger partial charge on any atom is -0.457 e. The Kier molecular flexibility index (Phi) is 35.8. The average Bonchev–Trinajstić information content (AvgIpc) is 1.57. The van der Waals surface area contributed by atoms with Gasteiger partial charge in [-0.3, -0.25) is 63.5 Å². The average molecular weight is 1870 g/mol. The second kappa shape index (κ2) is 44.5. The fraction of sp³-hybridized carbons (Fsp3) is 0.618. The van der Waals surface area contributed by atoms with Crippen molar-refractivity contribution in [2.75, 3.05) is 83.4 Å². The number of carbonyl (C=O) groups is 14. The second-order valence-electron chi connectivity index (χ2n) is 34.8. The third-order valence-electron chi connectivity index (χ3n) is 25.7. The highest BCUT2D eigenvalue weighted by Gasteiger charge is 2.66. The van der Waals surface area contributed by atoms with Gasteiger partial charge in [-0.15, -0.1) is 11.8 Å². The van der Waals surface area contributed by atoms with Crippen LogP contribution in [0.25, 0.3) is 0 Å². The van der Waals surface area contributed by atoms with Crippen LogP contribution in [0.15, 0.2) is 71.9 Å². The first-order valence-electron chi connectivity index (χ1n) is 42.8. The van der Waals surface area contributed by atoms with Gasteiger partial charge in [0.05, 0.1) is 64.9 Å². The highest BCUT2D eigenvalue weighted by Crippen LogP contribution is 2.52. The van der Waals surface area contributed by atoms with Gasteiger partial charge in [0.1, 0.15) is 47.7 Å². The molecule has 1 aliphatic carbocycles. The molecule has 0 spiro atoms. The normalized spacial score (nSPS) is 31.3. The van der Waals surface area contributed by atoms with E-state index in [9.17, 15) is 87.5 Å². The van der Waals surface area contributed by atoms with Crippen molar-refractivity contribution < 1.29 is 116 Å². The lowest BCUT2D eigenvalue weighted by atomic mass is 9.81. The maximum Gasteiger partial charge on any atom is 0.409 e. The van der Waals surface area contributed by atoms with Gasteiger partial charge in [-0.05, 0) is 128 Å². The van der Waals surface area contributed by atoms with Gasteiger partial charge in [0.25, 0.3) is 0 Å². The Bertz CT molecular complexity index is 4590. The third kappa shape index (κ3) is 25.2. The number of hydrogen-bond donors (Lipinski definition) is 8. The van der Waals surface area contributed by atoms with Crippen LogP contribution < -0.4 is 31.1 Å². The number of aliphatic hydroxyl groups excluding tert-OH is 2. The molecule has 10 rings (SSSR count). The first kappa shape index (κ1) is 102. The number of aldehydes is 2. The summed E-state index contributed by atoms with van der Waals surface area (Å²) in [6.07, 6.45) is 7.26. The van der Waals surface area contributed by atoms with E-state index in [-0.39, 0.29) is 123 Å². The molecule has 8 aliphatic rings. The minimum atomic E-state index is -1.92. The number of anilines is 2. The van der Waals surface area contributed by atoms with E-state index < -0.39 is 162 Å². The zero-order valence-corrected chi connectivity index (χ0v) is 78.4. The molecule has 698 valence electrons. The van der Waals surface area contributed by atoms with Gasteiger partial charge in [-0.25, -0.2) is 19.2 Å².